The maximum Gasteiger partial charge on any atom is 0.178 e. The van der Waals surface area contributed by atoms with Crippen molar-refractivity contribution in [2.45, 2.75) is 13.8 Å². The smallest absolute Gasteiger partial charge is 0.178 e. The lowest BCUT2D eigenvalue weighted by atomic mass is 10.1. The van der Waals surface area contributed by atoms with Crippen molar-refractivity contribution in [2.75, 3.05) is 0 Å². The lowest BCUT2D eigenvalue weighted by Crippen LogP contribution is -1.91. The van der Waals surface area contributed by atoms with Crippen LogP contribution >= 0.6 is 22.7 Å². The number of Topliss-reactive ketones (excluding diaryl/α,β-unsaturated/α-hetero) is 1. The summed E-state index contributed by atoms with van der Waals surface area (Å²) in [5.41, 5.74) is 2.09. The van der Waals surface area contributed by atoms with Crippen LogP contribution in [0.1, 0.15) is 22.4 Å². The Morgan fingerprint density at radius 2 is 1.90 bits per heavy atom. The van der Waals surface area contributed by atoms with E-state index in [0.29, 0.717) is 5.69 Å². The molecule has 0 N–H and O–H groups in total. The van der Waals surface area contributed by atoms with Crippen LogP contribution in [-0.2, 0) is 0 Å². The molecular formula is C15H11FN2OS2. The van der Waals surface area contributed by atoms with Gasteiger partial charge < -0.3 is 0 Å². The highest BCUT2D eigenvalue weighted by Gasteiger charge is 2.17. The Kier molecular flexibility index (Phi) is 3.65. The standard InChI is InChI=1S/C15H11FN2OS2/c1-8(19)12-7-20-15(18-12)14-13(17-9(2)21-14)10-3-5-11(16)6-4-10/h3-7H,1-2H3. The fourth-order valence-corrected chi connectivity index (χ4v) is 3.81. The number of carbonyl (C=O) groups excluding carboxylic acids is 1. The number of thiazole rings is 2. The molecule has 0 aliphatic rings. The van der Waals surface area contributed by atoms with E-state index in [1.807, 2.05) is 6.92 Å². The molecule has 0 aliphatic carbocycles. The normalized spacial score (nSPS) is 10.8. The Bertz CT molecular complexity index is 805. The first-order valence-electron chi connectivity index (χ1n) is 6.25. The number of nitrogens with zero attached hydrogens (tertiary/aromatic N) is 2. The zero-order chi connectivity index (χ0) is 15.0. The summed E-state index contributed by atoms with van der Waals surface area (Å²) < 4.78 is 13.1. The molecule has 3 aromatic rings. The quantitative estimate of drug-likeness (QED) is 0.664. The highest BCUT2D eigenvalue weighted by atomic mass is 32.1. The highest BCUT2D eigenvalue weighted by Crippen LogP contribution is 2.38. The number of aryl methyl sites for hydroxylation is 1. The summed E-state index contributed by atoms with van der Waals surface area (Å²) in [6.45, 7) is 3.42. The molecule has 0 saturated heterocycles. The van der Waals surface area contributed by atoms with Crippen molar-refractivity contribution in [2.24, 2.45) is 0 Å². The molecule has 2 heterocycles. The van der Waals surface area contributed by atoms with E-state index in [4.69, 9.17) is 0 Å². The summed E-state index contributed by atoms with van der Waals surface area (Å²) >= 11 is 2.94. The molecule has 2 aromatic heterocycles. The van der Waals surface area contributed by atoms with Crippen molar-refractivity contribution in [3.63, 3.8) is 0 Å². The molecule has 1 aromatic carbocycles. The van der Waals surface area contributed by atoms with Gasteiger partial charge in [-0.2, -0.15) is 0 Å². The van der Waals surface area contributed by atoms with E-state index < -0.39 is 0 Å². The molecule has 0 fully saturated rings. The Morgan fingerprint density at radius 1 is 1.19 bits per heavy atom. The summed E-state index contributed by atoms with van der Waals surface area (Å²) in [7, 11) is 0. The largest absolute Gasteiger partial charge is 0.293 e. The SMILES string of the molecule is CC(=O)c1csc(-c2sc(C)nc2-c2ccc(F)cc2)n1. The van der Waals surface area contributed by atoms with Gasteiger partial charge in [0.2, 0.25) is 0 Å². The Morgan fingerprint density at radius 3 is 2.52 bits per heavy atom. The average molecular weight is 318 g/mol. The minimum Gasteiger partial charge on any atom is -0.293 e. The Balaban J connectivity index is 2.10. The molecule has 0 spiro atoms. The molecule has 3 nitrogen and oxygen atoms in total. The number of rotatable bonds is 3. The van der Waals surface area contributed by atoms with Crippen molar-refractivity contribution in [3.8, 4) is 21.1 Å². The Hall–Kier alpha value is -1.92. The predicted molar refractivity (Wildman–Crippen MR) is 83.4 cm³/mol. The molecule has 0 amide bonds. The molecule has 0 aliphatic heterocycles. The topological polar surface area (TPSA) is 42.9 Å². The highest BCUT2D eigenvalue weighted by molar-refractivity contribution is 7.21. The van der Waals surface area contributed by atoms with E-state index in [2.05, 4.69) is 9.97 Å². The maximum absolute atomic E-state index is 13.1. The zero-order valence-electron chi connectivity index (χ0n) is 11.4. The van der Waals surface area contributed by atoms with Crippen LogP contribution < -0.4 is 0 Å². The van der Waals surface area contributed by atoms with Crippen molar-refractivity contribution in [3.05, 3.63) is 46.2 Å². The van der Waals surface area contributed by atoms with E-state index in [1.54, 1.807) is 17.5 Å². The van der Waals surface area contributed by atoms with Gasteiger partial charge in [0.05, 0.1) is 15.6 Å². The Labute approximate surface area is 129 Å². The van der Waals surface area contributed by atoms with Gasteiger partial charge in [0.1, 0.15) is 16.5 Å². The van der Waals surface area contributed by atoms with Crippen LogP contribution in [0.4, 0.5) is 4.39 Å². The molecule has 0 saturated carbocycles. The van der Waals surface area contributed by atoms with Crippen molar-refractivity contribution in [1.29, 1.82) is 0 Å². The lowest BCUT2D eigenvalue weighted by Gasteiger charge is -2.00. The van der Waals surface area contributed by atoms with E-state index in [-0.39, 0.29) is 11.6 Å². The van der Waals surface area contributed by atoms with Crippen LogP contribution in [0.5, 0.6) is 0 Å². The van der Waals surface area contributed by atoms with Crippen LogP contribution in [0, 0.1) is 12.7 Å². The van der Waals surface area contributed by atoms with Gasteiger partial charge in [-0.3, -0.25) is 4.79 Å². The van der Waals surface area contributed by atoms with Gasteiger partial charge in [-0.15, -0.1) is 22.7 Å². The van der Waals surface area contributed by atoms with Crippen molar-refractivity contribution in [1.82, 2.24) is 9.97 Å². The minimum atomic E-state index is -0.277. The van der Waals surface area contributed by atoms with Crippen LogP contribution in [-0.4, -0.2) is 15.8 Å². The number of hydrogen-bond acceptors (Lipinski definition) is 5. The molecule has 0 atom stereocenters. The molecule has 106 valence electrons. The third-order valence-corrected chi connectivity index (χ3v) is 4.88. The van der Waals surface area contributed by atoms with E-state index in [9.17, 15) is 9.18 Å². The number of aromatic nitrogens is 2. The molecule has 6 heteroatoms. The first kappa shape index (κ1) is 14.0. The fourth-order valence-electron chi connectivity index (χ4n) is 1.92. The van der Waals surface area contributed by atoms with Gasteiger partial charge >= 0.3 is 0 Å². The fraction of sp³-hybridized carbons (Fsp3) is 0.133. The number of hydrogen-bond donors (Lipinski definition) is 0. The van der Waals surface area contributed by atoms with Gasteiger partial charge in [-0.05, 0) is 31.2 Å². The second kappa shape index (κ2) is 5.46. The summed E-state index contributed by atoms with van der Waals surface area (Å²) in [6, 6.07) is 6.23. The monoisotopic (exact) mass is 318 g/mol. The number of benzene rings is 1. The summed E-state index contributed by atoms with van der Waals surface area (Å²) in [4.78, 5) is 21.2. The molecule has 0 bridgehead atoms. The number of ketones is 1. The predicted octanol–water partition coefficient (Wildman–Crippen LogP) is 4.58. The number of carbonyl (C=O) groups is 1. The summed E-state index contributed by atoms with van der Waals surface area (Å²) in [5.74, 6) is -0.331. The van der Waals surface area contributed by atoms with Crippen molar-refractivity contribution >= 4 is 28.5 Å². The average Bonchev–Trinajstić information content (AvgIpc) is 3.06. The van der Waals surface area contributed by atoms with E-state index in [0.717, 1.165) is 26.1 Å². The molecule has 0 radical (unpaired) electrons. The van der Waals surface area contributed by atoms with Gasteiger partial charge in [0, 0.05) is 17.9 Å². The first-order chi connectivity index (χ1) is 10.0. The second-order valence-electron chi connectivity index (χ2n) is 4.51. The third kappa shape index (κ3) is 2.77. The molecular weight excluding hydrogens is 307 g/mol. The second-order valence-corrected chi connectivity index (χ2v) is 6.57. The van der Waals surface area contributed by atoms with Crippen LogP contribution in [0.3, 0.4) is 0 Å². The van der Waals surface area contributed by atoms with E-state index >= 15 is 0 Å². The first-order valence-corrected chi connectivity index (χ1v) is 7.94. The third-order valence-electron chi connectivity index (χ3n) is 2.91. The van der Waals surface area contributed by atoms with Crippen LogP contribution in [0.25, 0.3) is 21.1 Å². The van der Waals surface area contributed by atoms with Crippen molar-refractivity contribution < 1.29 is 9.18 Å². The molecule has 0 unspecified atom stereocenters. The number of halogens is 1. The van der Waals surface area contributed by atoms with Crippen LogP contribution in [0.2, 0.25) is 0 Å². The molecule has 3 rings (SSSR count). The van der Waals surface area contributed by atoms with Gasteiger partial charge in [-0.1, -0.05) is 0 Å². The zero-order valence-corrected chi connectivity index (χ0v) is 13.0. The lowest BCUT2D eigenvalue weighted by molar-refractivity contribution is 0.101. The maximum atomic E-state index is 13.1. The van der Waals surface area contributed by atoms with Crippen LogP contribution in [0.15, 0.2) is 29.6 Å². The van der Waals surface area contributed by atoms with E-state index in [1.165, 1.54) is 41.7 Å². The molecule has 21 heavy (non-hydrogen) atoms. The minimum absolute atomic E-state index is 0.0536. The summed E-state index contributed by atoms with van der Waals surface area (Å²) in [5, 5.41) is 3.43. The van der Waals surface area contributed by atoms with Gasteiger partial charge in [0.15, 0.2) is 5.78 Å². The summed E-state index contributed by atoms with van der Waals surface area (Å²) in [6.07, 6.45) is 0. The van der Waals surface area contributed by atoms with Gasteiger partial charge in [0.25, 0.3) is 0 Å². The van der Waals surface area contributed by atoms with Gasteiger partial charge in [-0.25, -0.2) is 14.4 Å².